The van der Waals surface area contributed by atoms with Crippen LogP contribution in [0, 0.1) is 31.6 Å². The molecule has 9 heteroatoms. The molecule has 0 radical (unpaired) electrons. The van der Waals surface area contributed by atoms with Crippen LogP contribution in [0.3, 0.4) is 0 Å². The lowest BCUT2D eigenvalue weighted by Gasteiger charge is -2.05. The van der Waals surface area contributed by atoms with Gasteiger partial charge in [0, 0.05) is 24.3 Å². The minimum absolute atomic E-state index is 0.122. The number of nitrogens with zero attached hydrogens (tertiary/aromatic N) is 3. The molecule has 0 saturated carbocycles. The van der Waals surface area contributed by atoms with E-state index in [2.05, 4.69) is 0 Å². The standard InChI is InChI=1S/C20H13N3O6/c1-28-19-7-5-16(23(26)27)11-18(19)20-8-6-17(29-20)10-14(12-21)13-3-2-4-15(9-13)22(24)25/h2-11H,1H3/b14-10-. The molecule has 1 heterocycles. The van der Waals surface area contributed by atoms with Gasteiger partial charge in [0.15, 0.2) is 0 Å². The number of methoxy groups -OCH3 is 1. The van der Waals surface area contributed by atoms with Crippen LogP contribution in [0.15, 0.2) is 59.0 Å². The summed E-state index contributed by atoms with van der Waals surface area (Å²) in [7, 11) is 1.44. The lowest BCUT2D eigenvalue weighted by molar-refractivity contribution is -0.385. The van der Waals surface area contributed by atoms with Gasteiger partial charge in [0.2, 0.25) is 0 Å². The van der Waals surface area contributed by atoms with Crippen molar-refractivity contribution < 1.29 is 19.0 Å². The number of benzene rings is 2. The molecule has 3 rings (SSSR count). The van der Waals surface area contributed by atoms with Crippen LogP contribution in [0.4, 0.5) is 11.4 Å². The first-order chi connectivity index (χ1) is 13.9. The van der Waals surface area contributed by atoms with Crippen molar-refractivity contribution in [3.63, 3.8) is 0 Å². The van der Waals surface area contributed by atoms with E-state index in [1.54, 1.807) is 18.2 Å². The van der Waals surface area contributed by atoms with E-state index in [0.29, 0.717) is 28.4 Å². The van der Waals surface area contributed by atoms with Gasteiger partial charge in [-0.25, -0.2) is 0 Å². The molecule has 0 N–H and O–H groups in total. The van der Waals surface area contributed by atoms with E-state index in [1.165, 1.54) is 49.6 Å². The summed E-state index contributed by atoms with van der Waals surface area (Å²) in [5.41, 5.74) is 0.664. The first kappa shape index (κ1) is 19.3. The summed E-state index contributed by atoms with van der Waals surface area (Å²) in [6.45, 7) is 0. The molecule has 1 aromatic heterocycles. The van der Waals surface area contributed by atoms with E-state index < -0.39 is 9.85 Å². The minimum atomic E-state index is -0.544. The first-order valence-corrected chi connectivity index (χ1v) is 8.22. The van der Waals surface area contributed by atoms with E-state index in [1.807, 2.05) is 6.07 Å². The molecule has 0 spiro atoms. The molecule has 0 amide bonds. The maximum Gasteiger partial charge on any atom is 0.270 e. The van der Waals surface area contributed by atoms with Gasteiger partial charge in [-0.2, -0.15) is 5.26 Å². The Bertz CT molecular complexity index is 1170. The van der Waals surface area contributed by atoms with Crippen molar-refractivity contribution in [3.05, 3.63) is 86.1 Å². The van der Waals surface area contributed by atoms with Crippen molar-refractivity contribution in [2.45, 2.75) is 0 Å². The van der Waals surface area contributed by atoms with Crippen LogP contribution in [0.2, 0.25) is 0 Å². The number of rotatable bonds is 6. The quantitative estimate of drug-likeness (QED) is 0.333. The van der Waals surface area contributed by atoms with Gasteiger partial charge in [0.05, 0.1) is 34.2 Å². The molecule has 9 nitrogen and oxygen atoms in total. The van der Waals surface area contributed by atoms with E-state index in [9.17, 15) is 25.5 Å². The summed E-state index contributed by atoms with van der Waals surface area (Å²) in [5, 5.41) is 31.4. The van der Waals surface area contributed by atoms with Crippen LogP contribution in [0.5, 0.6) is 5.75 Å². The highest BCUT2D eigenvalue weighted by Crippen LogP contribution is 2.35. The normalized spacial score (nSPS) is 11.0. The summed E-state index contributed by atoms with van der Waals surface area (Å²) in [6.07, 6.45) is 1.44. The highest BCUT2D eigenvalue weighted by atomic mass is 16.6. The molecule has 0 atom stereocenters. The van der Waals surface area contributed by atoms with Crippen molar-refractivity contribution in [2.24, 2.45) is 0 Å². The molecular weight excluding hydrogens is 378 g/mol. The number of ether oxygens (including phenoxy) is 1. The number of furan rings is 1. The van der Waals surface area contributed by atoms with E-state index in [-0.39, 0.29) is 16.9 Å². The summed E-state index contributed by atoms with van der Waals surface area (Å²) in [5.74, 6) is 1.00. The number of hydrogen-bond donors (Lipinski definition) is 0. The molecule has 144 valence electrons. The Kier molecular flexibility index (Phi) is 5.37. The fourth-order valence-corrected chi connectivity index (χ4v) is 2.69. The summed E-state index contributed by atoms with van der Waals surface area (Å²) < 4.78 is 11.0. The second-order valence-electron chi connectivity index (χ2n) is 5.82. The van der Waals surface area contributed by atoms with Crippen LogP contribution >= 0.6 is 0 Å². The number of non-ortho nitro benzene ring substituents is 2. The summed E-state index contributed by atoms with van der Waals surface area (Å²) in [4.78, 5) is 20.9. The average Bonchev–Trinajstić information content (AvgIpc) is 3.20. The van der Waals surface area contributed by atoms with Crippen molar-refractivity contribution in [1.82, 2.24) is 0 Å². The fraction of sp³-hybridized carbons (Fsp3) is 0.0500. The van der Waals surface area contributed by atoms with Crippen molar-refractivity contribution in [2.75, 3.05) is 7.11 Å². The molecule has 0 bridgehead atoms. The Labute approximate surface area is 164 Å². The Morgan fingerprint density at radius 1 is 1.07 bits per heavy atom. The zero-order valence-corrected chi connectivity index (χ0v) is 15.1. The Hall–Kier alpha value is -4.45. The molecule has 0 aliphatic heterocycles. The number of allylic oxidation sites excluding steroid dienone is 1. The van der Waals surface area contributed by atoms with Gasteiger partial charge in [0.1, 0.15) is 17.3 Å². The van der Waals surface area contributed by atoms with Gasteiger partial charge < -0.3 is 9.15 Å². The SMILES string of the molecule is COc1ccc([N+](=O)[O-])cc1-c1ccc(/C=C(/C#N)c2cccc([N+](=O)[O-])c2)o1. The number of nitro groups is 2. The van der Waals surface area contributed by atoms with Crippen LogP contribution in [-0.2, 0) is 0 Å². The molecule has 0 fully saturated rings. The summed E-state index contributed by atoms with van der Waals surface area (Å²) >= 11 is 0. The maximum absolute atomic E-state index is 11.0. The molecule has 0 saturated heterocycles. The highest BCUT2D eigenvalue weighted by Gasteiger charge is 2.16. The molecule has 29 heavy (non-hydrogen) atoms. The monoisotopic (exact) mass is 391 g/mol. The van der Waals surface area contributed by atoms with Crippen LogP contribution < -0.4 is 4.74 Å². The first-order valence-electron chi connectivity index (χ1n) is 8.22. The van der Waals surface area contributed by atoms with Gasteiger partial charge in [-0.15, -0.1) is 0 Å². The fourth-order valence-electron chi connectivity index (χ4n) is 2.69. The second-order valence-corrected chi connectivity index (χ2v) is 5.82. The van der Waals surface area contributed by atoms with Gasteiger partial charge in [-0.1, -0.05) is 12.1 Å². The third-order valence-electron chi connectivity index (χ3n) is 4.06. The number of nitriles is 1. The lowest BCUT2D eigenvalue weighted by Crippen LogP contribution is -1.91. The van der Waals surface area contributed by atoms with Crippen molar-refractivity contribution in [3.8, 4) is 23.1 Å². The summed E-state index contributed by atoms with van der Waals surface area (Å²) in [6, 6.07) is 15.0. The molecule has 0 unspecified atom stereocenters. The van der Waals surface area contributed by atoms with Crippen LogP contribution in [-0.4, -0.2) is 17.0 Å². The average molecular weight is 391 g/mol. The number of nitro benzene ring substituents is 2. The van der Waals surface area contributed by atoms with Crippen LogP contribution in [0.25, 0.3) is 23.0 Å². The van der Waals surface area contributed by atoms with Gasteiger partial charge in [0.25, 0.3) is 11.4 Å². The highest BCUT2D eigenvalue weighted by molar-refractivity contribution is 5.89. The molecule has 0 aliphatic carbocycles. The van der Waals surface area contributed by atoms with E-state index >= 15 is 0 Å². The largest absolute Gasteiger partial charge is 0.496 e. The molecule has 0 aliphatic rings. The van der Waals surface area contributed by atoms with Crippen LogP contribution in [0.1, 0.15) is 11.3 Å². The van der Waals surface area contributed by atoms with Crippen molar-refractivity contribution >= 4 is 23.0 Å². The predicted octanol–water partition coefficient (Wildman–Crippen LogP) is 4.84. The Morgan fingerprint density at radius 3 is 2.45 bits per heavy atom. The smallest absolute Gasteiger partial charge is 0.270 e. The van der Waals surface area contributed by atoms with Gasteiger partial charge in [-0.05, 0) is 29.8 Å². The topological polar surface area (TPSA) is 132 Å². The lowest BCUT2D eigenvalue weighted by atomic mass is 10.1. The maximum atomic E-state index is 11.0. The molecule has 3 aromatic rings. The van der Waals surface area contributed by atoms with Gasteiger partial charge >= 0.3 is 0 Å². The van der Waals surface area contributed by atoms with E-state index in [4.69, 9.17) is 9.15 Å². The van der Waals surface area contributed by atoms with E-state index in [0.717, 1.165) is 0 Å². The van der Waals surface area contributed by atoms with Crippen molar-refractivity contribution in [1.29, 1.82) is 5.26 Å². The minimum Gasteiger partial charge on any atom is -0.496 e. The third-order valence-corrected chi connectivity index (χ3v) is 4.06. The zero-order valence-electron chi connectivity index (χ0n) is 15.1. The third kappa shape index (κ3) is 4.12. The molecule has 2 aromatic carbocycles. The predicted molar refractivity (Wildman–Crippen MR) is 104 cm³/mol. The Morgan fingerprint density at radius 2 is 1.79 bits per heavy atom. The number of hydrogen-bond acceptors (Lipinski definition) is 7. The second kappa shape index (κ2) is 8.06. The Balaban J connectivity index is 2.01. The van der Waals surface area contributed by atoms with Gasteiger partial charge in [-0.3, -0.25) is 20.2 Å². The zero-order chi connectivity index (χ0) is 21.0. The molecular formula is C20H13N3O6.